The number of amides is 1. The van der Waals surface area contributed by atoms with Crippen molar-refractivity contribution in [3.05, 3.63) is 58.1 Å². The number of carboxylic acids is 1. The van der Waals surface area contributed by atoms with Gasteiger partial charge in [0.05, 0.1) is 17.9 Å². The second-order valence-electron chi connectivity index (χ2n) is 7.55. The number of rotatable bonds is 8. The van der Waals surface area contributed by atoms with Crippen molar-refractivity contribution in [2.45, 2.75) is 40.5 Å². The Labute approximate surface area is 170 Å². The van der Waals surface area contributed by atoms with Crippen LogP contribution >= 0.6 is 11.6 Å². The Kier molecular flexibility index (Phi) is 7.08. The molecule has 0 aliphatic rings. The fourth-order valence-electron chi connectivity index (χ4n) is 2.77. The minimum absolute atomic E-state index is 0.00630. The van der Waals surface area contributed by atoms with Gasteiger partial charge in [-0.2, -0.15) is 0 Å². The molecule has 28 heavy (non-hydrogen) atoms. The Morgan fingerprint density at radius 1 is 1.14 bits per heavy atom. The number of aryl methyl sites for hydroxylation is 2. The Morgan fingerprint density at radius 2 is 1.86 bits per heavy atom. The van der Waals surface area contributed by atoms with E-state index in [0.717, 1.165) is 16.9 Å². The van der Waals surface area contributed by atoms with Crippen molar-refractivity contribution < 1.29 is 19.4 Å². The second-order valence-corrected chi connectivity index (χ2v) is 7.99. The Bertz CT molecular complexity index is 877. The van der Waals surface area contributed by atoms with Crippen LogP contribution < -0.4 is 10.1 Å². The zero-order chi connectivity index (χ0) is 20.9. The standard InChI is InChI=1S/C22H26ClNO4/c1-14-6-7-15(2)19(12-14)28-11-5-10-22(3,4)21(27)24-18-13-16(23)8-9-17(18)20(25)26/h6-9,12-13H,5,10-11H2,1-4H3,(H,24,27)(H,25,26). The van der Waals surface area contributed by atoms with E-state index < -0.39 is 11.4 Å². The van der Waals surface area contributed by atoms with Gasteiger partial charge >= 0.3 is 5.97 Å². The van der Waals surface area contributed by atoms with E-state index in [0.29, 0.717) is 24.5 Å². The molecular formula is C22H26ClNO4. The molecule has 2 aromatic carbocycles. The molecule has 2 rings (SSSR count). The van der Waals surface area contributed by atoms with Crippen LogP contribution in [0.4, 0.5) is 5.69 Å². The number of anilines is 1. The molecule has 0 aromatic heterocycles. The lowest BCUT2D eigenvalue weighted by molar-refractivity contribution is -0.124. The number of halogens is 1. The number of hydrogen-bond acceptors (Lipinski definition) is 3. The summed E-state index contributed by atoms with van der Waals surface area (Å²) in [5.74, 6) is -0.525. The summed E-state index contributed by atoms with van der Waals surface area (Å²) in [7, 11) is 0. The summed E-state index contributed by atoms with van der Waals surface area (Å²) in [6.07, 6.45) is 1.28. The summed E-state index contributed by atoms with van der Waals surface area (Å²) in [5.41, 5.74) is 1.72. The van der Waals surface area contributed by atoms with E-state index in [-0.39, 0.29) is 17.2 Å². The normalized spacial score (nSPS) is 11.2. The Balaban J connectivity index is 1.95. The molecule has 0 radical (unpaired) electrons. The van der Waals surface area contributed by atoms with Crippen LogP contribution in [-0.2, 0) is 4.79 Å². The number of aromatic carboxylic acids is 1. The van der Waals surface area contributed by atoms with Crippen LogP contribution in [0.2, 0.25) is 5.02 Å². The highest BCUT2D eigenvalue weighted by molar-refractivity contribution is 6.31. The van der Waals surface area contributed by atoms with E-state index in [1.54, 1.807) is 0 Å². The number of carbonyl (C=O) groups excluding carboxylic acids is 1. The molecule has 5 nitrogen and oxygen atoms in total. The first-order chi connectivity index (χ1) is 13.1. The molecule has 0 saturated heterocycles. The van der Waals surface area contributed by atoms with E-state index in [1.165, 1.54) is 18.2 Å². The van der Waals surface area contributed by atoms with Crippen LogP contribution in [-0.4, -0.2) is 23.6 Å². The lowest BCUT2D eigenvalue weighted by Crippen LogP contribution is -2.31. The summed E-state index contributed by atoms with van der Waals surface area (Å²) in [6, 6.07) is 10.4. The first kappa shape index (κ1) is 21.8. The van der Waals surface area contributed by atoms with Gasteiger partial charge in [0.25, 0.3) is 0 Å². The molecule has 6 heteroatoms. The average molecular weight is 404 g/mol. The fraction of sp³-hybridized carbons (Fsp3) is 0.364. The highest BCUT2D eigenvalue weighted by atomic mass is 35.5. The monoisotopic (exact) mass is 403 g/mol. The quantitative estimate of drug-likeness (QED) is 0.572. The number of carbonyl (C=O) groups is 2. The van der Waals surface area contributed by atoms with Gasteiger partial charge in [-0.25, -0.2) is 4.79 Å². The molecule has 0 fully saturated rings. The van der Waals surface area contributed by atoms with Gasteiger partial charge in [0.15, 0.2) is 0 Å². The lowest BCUT2D eigenvalue weighted by atomic mass is 9.86. The molecule has 0 spiro atoms. The van der Waals surface area contributed by atoms with Crippen molar-refractivity contribution in [1.29, 1.82) is 0 Å². The molecule has 0 saturated carbocycles. The zero-order valence-electron chi connectivity index (χ0n) is 16.6. The largest absolute Gasteiger partial charge is 0.493 e. The number of carboxylic acid groups (broad SMARTS) is 1. The smallest absolute Gasteiger partial charge is 0.337 e. The number of ether oxygens (including phenoxy) is 1. The minimum atomic E-state index is -1.12. The molecule has 150 valence electrons. The first-order valence-corrected chi connectivity index (χ1v) is 9.52. The van der Waals surface area contributed by atoms with Gasteiger partial charge in [-0.3, -0.25) is 4.79 Å². The summed E-state index contributed by atoms with van der Waals surface area (Å²) in [4.78, 5) is 24.0. The van der Waals surface area contributed by atoms with Crippen LogP contribution in [0.5, 0.6) is 5.75 Å². The third kappa shape index (κ3) is 5.73. The van der Waals surface area contributed by atoms with E-state index in [1.807, 2.05) is 45.9 Å². The lowest BCUT2D eigenvalue weighted by Gasteiger charge is -2.24. The van der Waals surface area contributed by atoms with E-state index >= 15 is 0 Å². The van der Waals surface area contributed by atoms with Crippen molar-refractivity contribution in [1.82, 2.24) is 0 Å². The summed E-state index contributed by atoms with van der Waals surface area (Å²) < 4.78 is 5.85. The molecule has 2 aromatic rings. The summed E-state index contributed by atoms with van der Waals surface area (Å²) in [5, 5.41) is 12.3. The number of benzene rings is 2. The van der Waals surface area contributed by atoms with Gasteiger partial charge in [0, 0.05) is 10.4 Å². The molecule has 0 atom stereocenters. The van der Waals surface area contributed by atoms with Crippen LogP contribution in [0, 0.1) is 19.3 Å². The molecule has 2 N–H and O–H groups in total. The second kappa shape index (κ2) is 9.11. The van der Waals surface area contributed by atoms with Crippen molar-refractivity contribution in [2.75, 3.05) is 11.9 Å². The van der Waals surface area contributed by atoms with Crippen LogP contribution in [0.15, 0.2) is 36.4 Å². The van der Waals surface area contributed by atoms with Crippen molar-refractivity contribution in [2.24, 2.45) is 5.41 Å². The summed E-state index contributed by atoms with van der Waals surface area (Å²) >= 11 is 5.94. The van der Waals surface area contributed by atoms with E-state index in [4.69, 9.17) is 16.3 Å². The van der Waals surface area contributed by atoms with Gasteiger partial charge in [-0.05, 0) is 62.1 Å². The predicted molar refractivity (Wildman–Crippen MR) is 111 cm³/mol. The Morgan fingerprint density at radius 3 is 2.54 bits per heavy atom. The van der Waals surface area contributed by atoms with Gasteiger partial charge in [0.2, 0.25) is 5.91 Å². The SMILES string of the molecule is Cc1ccc(C)c(OCCCC(C)(C)C(=O)Nc2cc(Cl)ccc2C(=O)O)c1. The summed E-state index contributed by atoms with van der Waals surface area (Å²) in [6.45, 7) is 8.16. The van der Waals surface area contributed by atoms with Crippen molar-refractivity contribution >= 4 is 29.2 Å². The van der Waals surface area contributed by atoms with Gasteiger partial charge < -0.3 is 15.2 Å². The topological polar surface area (TPSA) is 75.6 Å². The van der Waals surface area contributed by atoms with Crippen molar-refractivity contribution in [3.63, 3.8) is 0 Å². The first-order valence-electron chi connectivity index (χ1n) is 9.14. The van der Waals surface area contributed by atoms with Gasteiger partial charge in [-0.1, -0.05) is 37.6 Å². The number of hydrogen-bond donors (Lipinski definition) is 2. The van der Waals surface area contributed by atoms with Crippen LogP contribution in [0.25, 0.3) is 0 Å². The molecular weight excluding hydrogens is 378 g/mol. The van der Waals surface area contributed by atoms with Crippen LogP contribution in [0.1, 0.15) is 48.2 Å². The molecule has 0 heterocycles. The fourth-order valence-corrected chi connectivity index (χ4v) is 2.94. The maximum Gasteiger partial charge on any atom is 0.337 e. The predicted octanol–water partition coefficient (Wildman–Crippen LogP) is 5.48. The number of nitrogens with one attached hydrogen (secondary N) is 1. The molecule has 1 amide bonds. The van der Waals surface area contributed by atoms with E-state index in [2.05, 4.69) is 5.32 Å². The molecule has 0 unspecified atom stereocenters. The highest BCUT2D eigenvalue weighted by Crippen LogP contribution is 2.28. The van der Waals surface area contributed by atoms with Gasteiger partial charge in [0.1, 0.15) is 5.75 Å². The Hall–Kier alpha value is -2.53. The third-order valence-corrected chi connectivity index (χ3v) is 4.86. The maximum atomic E-state index is 12.7. The molecule has 0 bridgehead atoms. The van der Waals surface area contributed by atoms with Crippen molar-refractivity contribution in [3.8, 4) is 5.75 Å². The zero-order valence-corrected chi connectivity index (χ0v) is 17.4. The maximum absolute atomic E-state index is 12.7. The highest BCUT2D eigenvalue weighted by Gasteiger charge is 2.28. The molecule has 0 aliphatic heterocycles. The van der Waals surface area contributed by atoms with Crippen LogP contribution in [0.3, 0.4) is 0 Å². The van der Waals surface area contributed by atoms with Gasteiger partial charge in [-0.15, -0.1) is 0 Å². The molecule has 0 aliphatic carbocycles. The van der Waals surface area contributed by atoms with E-state index in [9.17, 15) is 14.7 Å². The average Bonchev–Trinajstić information content (AvgIpc) is 2.61. The third-order valence-electron chi connectivity index (χ3n) is 4.62. The minimum Gasteiger partial charge on any atom is -0.493 e.